The Morgan fingerprint density at radius 3 is 2.42 bits per heavy atom. The van der Waals surface area contributed by atoms with E-state index >= 15 is 0 Å². The molecule has 6 nitrogen and oxygen atoms in total. The van der Waals surface area contributed by atoms with E-state index in [0.717, 1.165) is 17.7 Å². The SMILES string of the molecule is COc1ccc(NC(N)=NCCS(C)(=O)=O)cc1.I. The van der Waals surface area contributed by atoms with E-state index in [1.54, 1.807) is 31.4 Å². The van der Waals surface area contributed by atoms with Crippen molar-refractivity contribution in [2.24, 2.45) is 10.7 Å². The molecule has 0 heterocycles. The number of nitrogens with zero attached hydrogens (tertiary/aromatic N) is 1. The first kappa shape index (κ1) is 18.0. The van der Waals surface area contributed by atoms with Crippen molar-refractivity contribution >= 4 is 45.5 Å². The monoisotopic (exact) mass is 399 g/mol. The van der Waals surface area contributed by atoms with Crippen LogP contribution in [0.1, 0.15) is 0 Å². The molecule has 0 unspecified atom stereocenters. The van der Waals surface area contributed by atoms with Crippen LogP contribution >= 0.6 is 24.0 Å². The molecule has 0 saturated heterocycles. The van der Waals surface area contributed by atoms with Crippen molar-refractivity contribution in [3.05, 3.63) is 24.3 Å². The van der Waals surface area contributed by atoms with Crippen LogP contribution < -0.4 is 15.8 Å². The van der Waals surface area contributed by atoms with Crippen LogP contribution in [0.15, 0.2) is 29.3 Å². The van der Waals surface area contributed by atoms with Crippen LogP contribution in [0.25, 0.3) is 0 Å². The maximum atomic E-state index is 10.9. The van der Waals surface area contributed by atoms with Gasteiger partial charge in [0, 0.05) is 11.9 Å². The molecule has 19 heavy (non-hydrogen) atoms. The minimum atomic E-state index is -3.01. The maximum Gasteiger partial charge on any atom is 0.193 e. The fourth-order valence-corrected chi connectivity index (χ4v) is 1.62. The molecule has 0 atom stereocenters. The average Bonchev–Trinajstić information content (AvgIpc) is 2.28. The molecule has 0 aliphatic rings. The van der Waals surface area contributed by atoms with Gasteiger partial charge in [-0.1, -0.05) is 0 Å². The molecule has 0 saturated carbocycles. The number of benzene rings is 1. The van der Waals surface area contributed by atoms with E-state index in [0.29, 0.717) is 0 Å². The molecule has 108 valence electrons. The zero-order chi connectivity index (χ0) is 13.6. The van der Waals surface area contributed by atoms with Gasteiger partial charge in [-0.15, -0.1) is 24.0 Å². The zero-order valence-electron chi connectivity index (χ0n) is 10.8. The van der Waals surface area contributed by atoms with Gasteiger partial charge in [0.05, 0.1) is 19.4 Å². The fourth-order valence-electron chi connectivity index (χ4n) is 1.19. The third-order valence-corrected chi connectivity index (χ3v) is 3.03. The highest BCUT2D eigenvalue weighted by molar-refractivity contribution is 14.0. The number of anilines is 1. The van der Waals surface area contributed by atoms with E-state index in [2.05, 4.69) is 10.3 Å². The van der Waals surface area contributed by atoms with E-state index in [1.807, 2.05) is 0 Å². The number of rotatable bonds is 5. The second kappa shape index (κ2) is 8.20. The molecule has 0 radical (unpaired) electrons. The van der Waals surface area contributed by atoms with Crippen LogP contribution in [0.5, 0.6) is 5.75 Å². The number of ether oxygens (including phenoxy) is 1. The Labute approximate surface area is 130 Å². The molecule has 1 rings (SSSR count). The van der Waals surface area contributed by atoms with Crippen molar-refractivity contribution in [2.45, 2.75) is 0 Å². The van der Waals surface area contributed by atoms with Crippen molar-refractivity contribution in [3.8, 4) is 5.75 Å². The molecule has 0 aromatic heterocycles. The van der Waals surface area contributed by atoms with E-state index in [4.69, 9.17) is 10.5 Å². The third kappa shape index (κ3) is 7.88. The van der Waals surface area contributed by atoms with Gasteiger partial charge in [0.25, 0.3) is 0 Å². The van der Waals surface area contributed by atoms with E-state index in [9.17, 15) is 8.42 Å². The Kier molecular flexibility index (Phi) is 7.76. The molecule has 0 aliphatic heterocycles. The molecule has 0 spiro atoms. The van der Waals surface area contributed by atoms with Crippen molar-refractivity contribution in [1.82, 2.24) is 0 Å². The molecule has 0 amide bonds. The lowest BCUT2D eigenvalue weighted by atomic mass is 10.3. The molecular weight excluding hydrogens is 381 g/mol. The molecule has 0 aliphatic carbocycles. The van der Waals surface area contributed by atoms with Crippen molar-refractivity contribution < 1.29 is 13.2 Å². The molecule has 3 N–H and O–H groups in total. The summed E-state index contributed by atoms with van der Waals surface area (Å²) in [6, 6.07) is 7.15. The second-order valence-electron chi connectivity index (χ2n) is 3.75. The number of sulfone groups is 1. The number of hydrogen-bond acceptors (Lipinski definition) is 4. The van der Waals surface area contributed by atoms with Gasteiger partial charge in [-0.05, 0) is 24.3 Å². The summed E-state index contributed by atoms with van der Waals surface area (Å²) in [5.74, 6) is 0.912. The summed E-state index contributed by atoms with van der Waals surface area (Å²) in [6.45, 7) is 0.147. The first-order valence-electron chi connectivity index (χ1n) is 5.29. The van der Waals surface area contributed by atoms with Gasteiger partial charge in [0.15, 0.2) is 5.96 Å². The highest BCUT2D eigenvalue weighted by atomic mass is 127. The van der Waals surface area contributed by atoms with Crippen LogP contribution in [0.2, 0.25) is 0 Å². The largest absolute Gasteiger partial charge is 0.497 e. The Balaban J connectivity index is 0.00000324. The summed E-state index contributed by atoms with van der Waals surface area (Å²) < 4.78 is 26.8. The smallest absolute Gasteiger partial charge is 0.193 e. The van der Waals surface area contributed by atoms with E-state index in [1.165, 1.54) is 0 Å². The quantitative estimate of drug-likeness (QED) is 0.439. The van der Waals surface area contributed by atoms with E-state index < -0.39 is 9.84 Å². The number of guanidine groups is 1. The van der Waals surface area contributed by atoms with Crippen molar-refractivity contribution in [2.75, 3.05) is 31.0 Å². The highest BCUT2D eigenvalue weighted by Crippen LogP contribution is 2.14. The predicted octanol–water partition coefficient (Wildman–Crippen LogP) is 1.08. The van der Waals surface area contributed by atoms with Crippen LogP contribution in [-0.4, -0.2) is 40.0 Å². The lowest BCUT2D eigenvalue weighted by molar-refractivity contribution is 0.415. The fraction of sp³-hybridized carbons (Fsp3) is 0.364. The average molecular weight is 399 g/mol. The topological polar surface area (TPSA) is 93.8 Å². The lowest BCUT2D eigenvalue weighted by Crippen LogP contribution is -2.23. The Morgan fingerprint density at radius 2 is 1.95 bits per heavy atom. The van der Waals surface area contributed by atoms with Gasteiger partial charge >= 0.3 is 0 Å². The minimum absolute atomic E-state index is 0. The van der Waals surface area contributed by atoms with Gasteiger partial charge in [-0.25, -0.2) is 8.42 Å². The van der Waals surface area contributed by atoms with Crippen LogP contribution in [-0.2, 0) is 9.84 Å². The van der Waals surface area contributed by atoms with Crippen LogP contribution in [0.3, 0.4) is 0 Å². The van der Waals surface area contributed by atoms with E-state index in [-0.39, 0.29) is 42.2 Å². The minimum Gasteiger partial charge on any atom is -0.497 e. The molecular formula is C11H18IN3O3S. The summed E-state index contributed by atoms with van der Waals surface area (Å²) in [7, 11) is -1.42. The number of nitrogens with two attached hydrogens (primary N) is 1. The van der Waals surface area contributed by atoms with Gasteiger partial charge in [-0.2, -0.15) is 0 Å². The normalized spacial score (nSPS) is 11.6. The summed E-state index contributed by atoms with van der Waals surface area (Å²) in [5, 5.41) is 2.86. The van der Waals surface area contributed by atoms with Gasteiger partial charge in [0.2, 0.25) is 0 Å². The number of aliphatic imine (C=N–C) groups is 1. The zero-order valence-corrected chi connectivity index (χ0v) is 13.9. The number of hydrogen-bond donors (Lipinski definition) is 2. The molecule has 0 fully saturated rings. The highest BCUT2D eigenvalue weighted by Gasteiger charge is 2.01. The summed E-state index contributed by atoms with van der Waals surface area (Å²) in [6.07, 6.45) is 1.16. The maximum absolute atomic E-state index is 10.9. The standard InChI is InChI=1S/C11H17N3O3S.HI/c1-17-10-5-3-9(4-6-10)14-11(12)13-7-8-18(2,15)16;/h3-6H,7-8H2,1-2H3,(H3,12,13,14);1H. The summed E-state index contributed by atoms with van der Waals surface area (Å²) in [4.78, 5) is 3.92. The summed E-state index contributed by atoms with van der Waals surface area (Å²) >= 11 is 0. The third-order valence-electron chi connectivity index (χ3n) is 2.11. The molecule has 1 aromatic rings. The summed E-state index contributed by atoms with van der Waals surface area (Å²) in [5.41, 5.74) is 6.38. The molecule has 0 bridgehead atoms. The van der Waals surface area contributed by atoms with Crippen molar-refractivity contribution in [3.63, 3.8) is 0 Å². The number of halogens is 1. The Bertz CT molecular complexity index is 514. The van der Waals surface area contributed by atoms with Crippen LogP contribution in [0, 0.1) is 0 Å². The number of nitrogens with one attached hydrogen (secondary N) is 1. The number of methoxy groups -OCH3 is 1. The van der Waals surface area contributed by atoms with Gasteiger partial charge in [-0.3, -0.25) is 4.99 Å². The van der Waals surface area contributed by atoms with Crippen LogP contribution in [0.4, 0.5) is 5.69 Å². The Morgan fingerprint density at radius 1 is 1.37 bits per heavy atom. The second-order valence-corrected chi connectivity index (χ2v) is 6.01. The molecule has 8 heteroatoms. The van der Waals surface area contributed by atoms with Crippen molar-refractivity contribution in [1.29, 1.82) is 0 Å². The first-order chi connectivity index (χ1) is 8.40. The molecule has 1 aromatic carbocycles. The van der Waals surface area contributed by atoms with Gasteiger partial charge < -0.3 is 15.8 Å². The Hall–Kier alpha value is -1.03. The predicted molar refractivity (Wildman–Crippen MR) is 88.2 cm³/mol. The first-order valence-corrected chi connectivity index (χ1v) is 7.35. The lowest BCUT2D eigenvalue weighted by Gasteiger charge is -2.06. The van der Waals surface area contributed by atoms with Gasteiger partial charge in [0.1, 0.15) is 15.6 Å².